The second kappa shape index (κ2) is 6.34. The number of imidazole rings is 1. The first kappa shape index (κ1) is 16.6. The van der Waals surface area contributed by atoms with Crippen molar-refractivity contribution < 1.29 is 0 Å². The molecule has 0 aliphatic heterocycles. The van der Waals surface area contributed by atoms with E-state index >= 15 is 0 Å². The van der Waals surface area contributed by atoms with Gasteiger partial charge in [-0.05, 0) is 49.9 Å². The molecule has 2 atom stereocenters. The van der Waals surface area contributed by atoms with Crippen LogP contribution in [0.15, 0.2) is 42.6 Å². The van der Waals surface area contributed by atoms with Gasteiger partial charge in [0.15, 0.2) is 0 Å². The molecule has 5 nitrogen and oxygen atoms in total. The second-order valence-corrected chi connectivity index (χ2v) is 6.88. The van der Waals surface area contributed by atoms with Crippen molar-refractivity contribution in [1.29, 1.82) is 0 Å². The number of nitrogens with two attached hydrogens (primary N) is 1. The van der Waals surface area contributed by atoms with Crippen LogP contribution in [0.25, 0.3) is 11.0 Å². The number of benzene rings is 1. The number of H-pyrrole nitrogens is 1. The minimum absolute atomic E-state index is 0. The molecule has 0 fully saturated rings. The van der Waals surface area contributed by atoms with Gasteiger partial charge in [-0.1, -0.05) is 18.2 Å². The van der Waals surface area contributed by atoms with Crippen molar-refractivity contribution in [2.24, 2.45) is 5.73 Å². The van der Waals surface area contributed by atoms with E-state index in [-0.39, 0.29) is 17.6 Å². The van der Waals surface area contributed by atoms with Gasteiger partial charge < -0.3 is 16.9 Å². The summed E-state index contributed by atoms with van der Waals surface area (Å²) in [4.78, 5) is 12.7. The predicted molar refractivity (Wildman–Crippen MR) is 97.3 cm³/mol. The third-order valence-corrected chi connectivity index (χ3v) is 4.98. The smallest absolute Gasteiger partial charge is 0.109 e. The Morgan fingerprint density at radius 2 is 2.08 bits per heavy atom. The number of hydrogen-bond acceptors (Lipinski definition) is 4. The molecule has 0 saturated carbocycles. The largest absolute Gasteiger partial charge is 0.344 e. The van der Waals surface area contributed by atoms with E-state index in [1.165, 1.54) is 17.7 Å². The summed E-state index contributed by atoms with van der Waals surface area (Å²) < 4.78 is 0. The van der Waals surface area contributed by atoms with Crippen molar-refractivity contribution in [3.05, 3.63) is 59.7 Å². The van der Waals surface area contributed by atoms with E-state index < -0.39 is 0 Å². The number of aryl methyl sites for hydroxylation is 1. The lowest BCUT2D eigenvalue weighted by Gasteiger charge is -2.37. The third kappa shape index (κ3) is 2.92. The van der Waals surface area contributed by atoms with Crippen LogP contribution in [0, 0.1) is 0 Å². The van der Waals surface area contributed by atoms with Gasteiger partial charge in [-0.3, -0.25) is 4.98 Å². The lowest BCUT2D eigenvalue weighted by molar-refractivity contribution is 0.327. The molecule has 5 heteroatoms. The molecule has 0 radical (unpaired) electrons. The minimum Gasteiger partial charge on any atom is -0.344 e. The molecule has 0 bridgehead atoms. The van der Waals surface area contributed by atoms with Crippen molar-refractivity contribution in [1.82, 2.24) is 21.1 Å². The topological polar surface area (TPSA) is 103 Å². The van der Waals surface area contributed by atoms with Crippen LogP contribution >= 0.6 is 0 Å². The van der Waals surface area contributed by atoms with E-state index in [1.807, 2.05) is 30.5 Å². The molecule has 2 heterocycles. The summed E-state index contributed by atoms with van der Waals surface area (Å²) in [5.41, 5.74) is 11.0. The lowest BCUT2D eigenvalue weighted by Crippen LogP contribution is -2.46. The molecule has 2 unspecified atom stereocenters. The van der Waals surface area contributed by atoms with Gasteiger partial charge in [-0.25, -0.2) is 4.98 Å². The summed E-state index contributed by atoms with van der Waals surface area (Å²) >= 11 is 0. The zero-order valence-electron chi connectivity index (χ0n) is 14.1. The highest BCUT2D eigenvalue weighted by atomic mass is 14.9. The van der Waals surface area contributed by atoms with Crippen LogP contribution in [0.2, 0.25) is 0 Å². The molecule has 2 aromatic heterocycles. The molecule has 0 spiro atoms. The molecule has 6 N–H and O–H groups in total. The zero-order valence-corrected chi connectivity index (χ0v) is 14.1. The van der Waals surface area contributed by atoms with Crippen molar-refractivity contribution in [3.8, 4) is 0 Å². The van der Waals surface area contributed by atoms with E-state index in [0.29, 0.717) is 0 Å². The van der Waals surface area contributed by atoms with Crippen LogP contribution in [0.5, 0.6) is 0 Å². The maximum atomic E-state index is 6.76. The first-order valence-corrected chi connectivity index (χ1v) is 8.30. The Balaban J connectivity index is 0.00000169. The summed E-state index contributed by atoms with van der Waals surface area (Å²) in [5, 5.41) is 0. The Bertz CT molecular complexity index is 803. The number of pyridine rings is 1. The quantitative estimate of drug-likeness (QED) is 0.686. The van der Waals surface area contributed by atoms with E-state index in [9.17, 15) is 0 Å². The maximum Gasteiger partial charge on any atom is 0.109 e. The second-order valence-electron chi connectivity index (χ2n) is 6.88. The highest BCUT2D eigenvalue weighted by Gasteiger charge is 2.36. The molecule has 126 valence electrons. The SMILES string of the molecule is CC(N)(Cc1nc2ccccc2[nH]1)C1CCCc2cccnc21.N. The predicted octanol–water partition coefficient (Wildman–Crippen LogP) is 3.50. The van der Waals surface area contributed by atoms with E-state index in [4.69, 9.17) is 10.7 Å². The van der Waals surface area contributed by atoms with E-state index in [0.717, 1.165) is 36.1 Å². The highest BCUT2D eigenvalue weighted by molar-refractivity contribution is 5.74. The summed E-state index contributed by atoms with van der Waals surface area (Å²) in [5.74, 6) is 1.24. The van der Waals surface area contributed by atoms with Crippen molar-refractivity contribution in [3.63, 3.8) is 0 Å². The van der Waals surface area contributed by atoms with Crippen LogP contribution in [-0.2, 0) is 12.8 Å². The Morgan fingerprint density at radius 1 is 1.25 bits per heavy atom. The zero-order chi connectivity index (χ0) is 15.9. The van der Waals surface area contributed by atoms with Gasteiger partial charge in [0.1, 0.15) is 5.82 Å². The van der Waals surface area contributed by atoms with Gasteiger partial charge in [-0.15, -0.1) is 0 Å². The van der Waals surface area contributed by atoms with E-state index in [1.54, 1.807) is 0 Å². The Morgan fingerprint density at radius 3 is 2.92 bits per heavy atom. The molecular weight excluding hydrogens is 298 g/mol. The maximum absolute atomic E-state index is 6.76. The summed E-state index contributed by atoms with van der Waals surface area (Å²) in [7, 11) is 0. The summed E-state index contributed by atoms with van der Waals surface area (Å²) in [6.07, 6.45) is 5.99. The van der Waals surface area contributed by atoms with E-state index in [2.05, 4.69) is 29.0 Å². The normalized spacial score (nSPS) is 19.3. The fraction of sp³-hybridized carbons (Fsp3) is 0.368. The monoisotopic (exact) mass is 323 g/mol. The molecule has 1 aliphatic carbocycles. The average molecular weight is 323 g/mol. The summed E-state index contributed by atoms with van der Waals surface area (Å²) in [6, 6.07) is 12.3. The Kier molecular flexibility index (Phi) is 4.39. The minimum atomic E-state index is -0.364. The van der Waals surface area contributed by atoms with Crippen LogP contribution in [0.4, 0.5) is 0 Å². The molecule has 24 heavy (non-hydrogen) atoms. The first-order valence-electron chi connectivity index (χ1n) is 8.30. The van der Waals surface area contributed by atoms with Crippen LogP contribution in [0.3, 0.4) is 0 Å². The number of nitrogens with zero attached hydrogens (tertiary/aromatic N) is 2. The van der Waals surface area contributed by atoms with Gasteiger partial charge in [-0.2, -0.15) is 0 Å². The molecular formula is C19H25N5. The number of hydrogen-bond donors (Lipinski definition) is 3. The molecule has 0 amide bonds. The molecule has 0 saturated heterocycles. The average Bonchev–Trinajstić information content (AvgIpc) is 2.95. The number of rotatable bonds is 3. The molecule has 3 aromatic rings. The fourth-order valence-corrected chi connectivity index (χ4v) is 3.82. The molecule has 4 rings (SSSR count). The van der Waals surface area contributed by atoms with Crippen LogP contribution in [0.1, 0.15) is 42.8 Å². The van der Waals surface area contributed by atoms with Gasteiger partial charge in [0.2, 0.25) is 0 Å². The van der Waals surface area contributed by atoms with Crippen molar-refractivity contribution in [2.75, 3.05) is 0 Å². The Labute approximate surface area is 142 Å². The number of aromatic amines is 1. The van der Waals surface area contributed by atoms with Gasteiger partial charge in [0.25, 0.3) is 0 Å². The number of aromatic nitrogens is 3. The van der Waals surface area contributed by atoms with Crippen LogP contribution < -0.4 is 11.9 Å². The lowest BCUT2D eigenvalue weighted by atomic mass is 9.73. The molecule has 1 aromatic carbocycles. The number of fused-ring (bicyclic) bond motifs is 2. The Hall–Kier alpha value is -2.24. The fourth-order valence-electron chi connectivity index (χ4n) is 3.82. The highest BCUT2D eigenvalue weighted by Crippen LogP contribution is 2.38. The van der Waals surface area contributed by atoms with Gasteiger partial charge >= 0.3 is 0 Å². The van der Waals surface area contributed by atoms with Crippen LogP contribution in [-0.4, -0.2) is 20.5 Å². The third-order valence-electron chi connectivity index (χ3n) is 4.98. The standard InChI is InChI=1S/C19H22N4.H3N/c1-19(20,12-17-22-15-9-2-3-10-16(15)23-17)14-8-4-6-13-7-5-11-21-18(13)14;/h2-3,5,7,9-11,14H,4,6,8,12,20H2,1H3,(H,22,23);1H3. The summed E-state index contributed by atoms with van der Waals surface area (Å²) in [6.45, 7) is 2.13. The van der Waals surface area contributed by atoms with Gasteiger partial charge in [0, 0.05) is 29.8 Å². The number of para-hydroxylation sites is 2. The first-order chi connectivity index (χ1) is 11.1. The van der Waals surface area contributed by atoms with Crippen molar-refractivity contribution in [2.45, 2.75) is 44.1 Å². The molecule has 1 aliphatic rings. The number of nitrogens with one attached hydrogen (secondary N) is 1. The van der Waals surface area contributed by atoms with Crippen molar-refractivity contribution >= 4 is 11.0 Å². The van der Waals surface area contributed by atoms with Gasteiger partial charge in [0.05, 0.1) is 11.0 Å².